The maximum absolute atomic E-state index is 13.7. The van der Waals surface area contributed by atoms with Gasteiger partial charge in [0.2, 0.25) is 10.0 Å². The molecule has 0 atom stereocenters. The molecular formula is C9H7ClF3NO4S. The number of carbonyl (C=O) groups is 1. The molecule has 19 heavy (non-hydrogen) atoms. The second kappa shape index (κ2) is 5.76. The fourth-order valence-corrected chi connectivity index (χ4v) is 2.58. The van der Waals surface area contributed by atoms with Gasteiger partial charge in [0.25, 0.3) is 6.43 Å². The summed E-state index contributed by atoms with van der Waals surface area (Å²) in [6.07, 6.45) is -2.98. The summed E-state index contributed by atoms with van der Waals surface area (Å²) in [4.78, 5) is 9.59. The van der Waals surface area contributed by atoms with Crippen molar-refractivity contribution >= 4 is 27.6 Å². The zero-order valence-electron chi connectivity index (χ0n) is 9.03. The summed E-state index contributed by atoms with van der Waals surface area (Å²) in [7, 11) is -4.62. The number of benzene rings is 1. The van der Waals surface area contributed by atoms with Crippen LogP contribution >= 0.6 is 11.6 Å². The molecular weight excluding hydrogens is 311 g/mol. The lowest BCUT2D eigenvalue weighted by Crippen LogP contribution is -2.29. The van der Waals surface area contributed by atoms with E-state index in [1.807, 2.05) is 0 Å². The Bertz CT molecular complexity index is 606. The maximum atomic E-state index is 13.7. The van der Waals surface area contributed by atoms with Crippen LogP contribution in [0.2, 0.25) is 5.02 Å². The quantitative estimate of drug-likeness (QED) is 0.866. The van der Waals surface area contributed by atoms with Crippen LogP contribution in [0.1, 0.15) is 10.4 Å². The molecule has 0 spiro atoms. The lowest BCUT2D eigenvalue weighted by atomic mass is 10.2. The molecule has 0 aromatic heterocycles. The Labute approximate surface area is 111 Å². The molecule has 0 saturated heterocycles. The van der Waals surface area contributed by atoms with Gasteiger partial charge in [-0.25, -0.2) is 31.1 Å². The first-order valence-corrected chi connectivity index (χ1v) is 6.51. The van der Waals surface area contributed by atoms with Gasteiger partial charge in [-0.05, 0) is 12.1 Å². The number of carboxylic acids is 1. The topological polar surface area (TPSA) is 83.5 Å². The van der Waals surface area contributed by atoms with Crippen LogP contribution in [0.3, 0.4) is 0 Å². The van der Waals surface area contributed by atoms with E-state index >= 15 is 0 Å². The van der Waals surface area contributed by atoms with Crippen LogP contribution < -0.4 is 4.72 Å². The van der Waals surface area contributed by atoms with Crippen molar-refractivity contribution < 1.29 is 31.5 Å². The van der Waals surface area contributed by atoms with Gasteiger partial charge in [0.05, 0.1) is 12.1 Å². The Kier molecular flexibility index (Phi) is 4.77. The SMILES string of the molecule is O=C(O)c1cc(Cl)cc(S(=O)(=O)NCC(F)F)c1F. The Balaban J connectivity index is 3.31. The molecule has 106 valence electrons. The van der Waals surface area contributed by atoms with Gasteiger partial charge in [-0.1, -0.05) is 11.6 Å². The van der Waals surface area contributed by atoms with Crippen LogP contribution in [0.4, 0.5) is 13.2 Å². The molecule has 0 aliphatic heterocycles. The molecule has 5 nitrogen and oxygen atoms in total. The van der Waals surface area contributed by atoms with Crippen molar-refractivity contribution in [3.63, 3.8) is 0 Å². The molecule has 0 amide bonds. The van der Waals surface area contributed by atoms with Crippen molar-refractivity contribution in [3.8, 4) is 0 Å². The molecule has 2 N–H and O–H groups in total. The highest BCUT2D eigenvalue weighted by molar-refractivity contribution is 7.89. The number of alkyl halides is 2. The average Bonchev–Trinajstić information content (AvgIpc) is 2.28. The second-order valence-corrected chi connectivity index (χ2v) is 5.49. The molecule has 0 heterocycles. The number of nitrogens with one attached hydrogen (secondary N) is 1. The van der Waals surface area contributed by atoms with Crippen molar-refractivity contribution in [1.82, 2.24) is 4.72 Å². The summed E-state index contributed by atoms with van der Waals surface area (Å²) in [6.45, 7) is -1.23. The average molecular weight is 318 g/mol. The summed E-state index contributed by atoms with van der Waals surface area (Å²) in [5.41, 5.74) is -0.968. The predicted molar refractivity (Wildman–Crippen MR) is 59.6 cm³/mol. The Morgan fingerprint density at radius 2 is 2.00 bits per heavy atom. The van der Waals surface area contributed by atoms with Gasteiger partial charge in [0.1, 0.15) is 4.90 Å². The van der Waals surface area contributed by atoms with Crippen LogP contribution in [0.15, 0.2) is 17.0 Å². The van der Waals surface area contributed by atoms with E-state index in [9.17, 15) is 26.4 Å². The second-order valence-electron chi connectivity index (χ2n) is 3.31. The first-order valence-electron chi connectivity index (χ1n) is 4.65. The fraction of sp³-hybridized carbons (Fsp3) is 0.222. The number of sulfonamides is 1. The van der Waals surface area contributed by atoms with Crippen molar-refractivity contribution in [2.75, 3.05) is 6.54 Å². The Morgan fingerprint density at radius 1 is 1.42 bits per heavy atom. The van der Waals surface area contributed by atoms with Crippen LogP contribution in [0.25, 0.3) is 0 Å². The molecule has 1 rings (SSSR count). The number of rotatable bonds is 5. The number of hydrogen-bond donors (Lipinski definition) is 2. The van der Waals surface area contributed by atoms with E-state index in [1.54, 1.807) is 0 Å². The summed E-state index contributed by atoms with van der Waals surface area (Å²) >= 11 is 5.46. The molecule has 0 unspecified atom stereocenters. The minimum Gasteiger partial charge on any atom is -0.478 e. The highest BCUT2D eigenvalue weighted by Gasteiger charge is 2.25. The fourth-order valence-electron chi connectivity index (χ4n) is 1.17. The van der Waals surface area contributed by atoms with E-state index < -0.39 is 45.2 Å². The number of hydrogen-bond acceptors (Lipinski definition) is 3. The van der Waals surface area contributed by atoms with Crippen molar-refractivity contribution in [2.45, 2.75) is 11.3 Å². The minimum absolute atomic E-state index is 0.351. The zero-order valence-corrected chi connectivity index (χ0v) is 10.6. The van der Waals surface area contributed by atoms with Gasteiger partial charge in [0, 0.05) is 5.02 Å². The van der Waals surface area contributed by atoms with Crippen LogP contribution in [-0.4, -0.2) is 32.5 Å². The summed E-state index contributed by atoms with van der Waals surface area (Å²) in [5, 5.41) is 8.31. The highest BCUT2D eigenvalue weighted by atomic mass is 35.5. The van der Waals surface area contributed by atoms with Gasteiger partial charge in [-0.2, -0.15) is 0 Å². The lowest BCUT2D eigenvalue weighted by molar-refractivity contribution is 0.0691. The minimum atomic E-state index is -4.62. The van der Waals surface area contributed by atoms with E-state index in [0.717, 1.165) is 0 Å². The molecule has 1 aromatic rings. The number of carboxylic acid groups (broad SMARTS) is 1. The maximum Gasteiger partial charge on any atom is 0.338 e. The Hall–Kier alpha value is -1.32. The van der Waals surface area contributed by atoms with Crippen LogP contribution in [-0.2, 0) is 10.0 Å². The molecule has 0 aliphatic rings. The molecule has 0 fully saturated rings. The van der Waals surface area contributed by atoms with Crippen LogP contribution in [0.5, 0.6) is 0 Å². The van der Waals surface area contributed by atoms with E-state index in [2.05, 4.69) is 0 Å². The predicted octanol–water partition coefficient (Wildman–Crippen LogP) is 1.72. The highest BCUT2D eigenvalue weighted by Crippen LogP contribution is 2.23. The van der Waals surface area contributed by atoms with Crippen molar-refractivity contribution in [2.24, 2.45) is 0 Å². The van der Waals surface area contributed by atoms with Gasteiger partial charge in [0.15, 0.2) is 5.82 Å². The smallest absolute Gasteiger partial charge is 0.338 e. The summed E-state index contributed by atoms with van der Waals surface area (Å²) in [6, 6.07) is 1.35. The molecule has 1 aromatic carbocycles. The third kappa shape index (κ3) is 3.82. The third-order valence-electron chi connectivity index (χ3n) is 1.95. The molecule has 0 saturated carbocycles. The third-order valence-corrected chi connectivity index (χ3v) is 3.59. The lowest BCUT2D eigenvalue weighted by Gasteiger charge is -2.09. The molecule has 10 heteroatoms. The largest absolute Gasteiger partial charge is 0.478 e. The van der Waals surface area contributed by atoms with E-state index in [4.69, 9.17) is 16.7 Å². The van der Waals surface area contributed by atoms with E-state index in [1.165, 1.54) is 4.72 Å². The van der Waals surface area contributed by atoms with Gasteiger partial charge in [-0.3, -0.25) is 0 Å². The standard InChI is InChI=1S/C9H7ClF3NO4S/c10-4-1-5(9(15)16)8(13)6(2-4)19(17,18)14-3-7(11)12/h1-2,7,14H,3H2,(H,15,16). The van der Waals surface area contributed by atoms with Gasteiger partial charge >= 0.3 is 5.97 Å². The number of aromatic carboxylic acids is 1. The van der Waals surface area contributed by atoms with Crippen LogP contribution in [0, 0.1) is 5.82 Å². The zero-order chi connectivity index (χ0) is 14.8. The molecule has 0 aliphatic carbocycles. The van der Waals surface area contributed by atoms with Gasteiger partial charge in [-0.15, -0.1) is 0 Å². The number of halogens is 4. The van der Waals surface area contributed by atoms with Gasteiger partial charge < -0.3 is 5.11 Å². The normalized spacial score (nSPS) is 11.8. The van der Waals surface area contributed by atoms with E-state index in [0.29, 0.717) is 12.1 Å². The Morgan fingerprint density at radius 3 is 2.47 bits per heavy atom. The first-order chi connectivity index (χ1) is 8.65. The molecule has 0 radical (unpaired) electrons. The first kappa shape index (κ1) is 15.7. The van der Waals surface area contributed by atoms with E-state index in [-0.39, 0.29) is 5.02 Å². The monoisotopic (exact) mass is 317 g/mol. The summed E-state index contributed by atoms with van der Waals surface area (Å²) < 4.78 is 62.1. The molecule has 0 bridgehead atoms. The van der Waals surface area contributed by atoms with Crippen molar-refractivity contribution in [3.05, 3.63) is 28.5 Å². The summed E-state index contributed by atoms with van der Waals surface area (Å²) in [5.74, 6) is -3.30. The van der Waals surface area contributed by atoms with Crippen molar-refractivity contribution in [1.29, 1.82) is 0 Å².